The molecule has 0 fully saturated rings. The summed E-state index contributed by atoms with van der Waals surface area (Å²) >= 11 is 0. The quantitative estimate of drug-likeness (QED) is 0.823. The van der Waals surface area contributed by atoms with Gasteiger partial charge in [0.2, 0.25) is 0 Å². The van der Waals surface area contributed by atoms with Crippen molar-refractivity contribution >= 4 is 5.95 Å². The number of ether oxygens (including phenoxy) is 2. The van der Waals surface area contributed by atoms with E-state index in [0.717, 1.165) is 11.3 Å². The van der Waals surface area contributed by atoms with Crippen LogP contribution < -0.4 is 15.2 Å². The van der Waals surface area contributed by atoms with Crippen LogP contribution in [0.2, 0.25) is 0 Å². The number of hydrogen-bond acceptors (Lipinski definition) is 4. The molecule has 0 atom stereocenters. The second kappa shape index (κ2) is 4.14. The third-order valence-electron chi connectivity index (χ3n) is 2.29. The molecule has 16 heavy (non-hydrogen) atoms. The Hall–Kier alpha value is -2.17. The van der Waals surface area contributed by atoms with E-state index in [2.05, 4.69) is 9.97 Å². The van der Waals surface area contributed by atoms with Crippen molar-refractivity contribution in [1.29, 1.82) is 0 Å². The van der Waals surface area contributed by atoms with Crippen LogP contribution in [-0.4, -0.2) is 24.2 Å². The smallest absolute Gasteiger partial charge is 0.197 e. The fourth-order valence-corrected chi connectivity index (χ4v) is 1.58. The lowest BCUT2D eigenvalue weighted by molar-refractivity contribution is 0.397. The minimum atomic E-state index is 0.364. The maximum absolute atomic E-state index is 5.55. The molecular formula is C11H13N3O2. The van der Waals surface area contributed by atoms with E-state index in [1.165, 1.54) is 0 Å². The SMILES string of the molecule is COc1cccc(OC)c1-c1cnc(N)[nH]1. The van der Waals surface area contributed by atoms with Gasteiger partial charge in [0.05, 0.1) is 31.7 Å². The molecule has 0 amide bonds. The van der Waals surface area contributed by atoms with Crippen LogP contribution in [0.3, 0.4) is 0 Å². The Morgan fingerprint density at radius 2 is 1.81 bits per heavy atom. The normalized spacial score (nSPS) is 10.1. The highest BCUT2D eigenvalue weighted by Gasteiger charge is 2.13. The van der Waals surface area contributed by atoms with Gasteiger partial charge in [0.1, 0.15) is 11.5 Å². The molecule has 0 saturated carbocycles. The molecule has 5 heteroatoms. The van der Waals surface area contributed by atoms with Crippen molar-refractivity contribution in [2.24, 2.45) is 0 Å². The molecule has 2 rings (SSSR count). The standard InChI is InChI=1S/C11H13N3O2/c1-15-8-4-3-5-9(16-2)10(8)7-6-13-11(12)14-7/h3-6H,1-2H3,(H3,12,13,14). The van der Waals surface area contributed by atoms with E-state index in [4.69, 9.17) is 15.2 Å². The Kier molecular flexibility index (Phi) is 2.68. The van der Waals surface area contributed by atoms with Crippen molar-refractivity contribution < 1.29 is 9.47 Å². The van der Waals surface area contributed by atoms with Crippen LogP contribution in [0.4, 0.5) is 5.95 Å². The number of benzene rings is 1. The summed E-state index contributed by atoms with van der Waals surface area (Å²) in [6, 6.07) is 5.57. The van der Waals surface area contributed by atoms with Crippen LogP contribution >= 0.6 is 0 Å². The first-order valence-corrected chi connectivity index (χ1v) is 4.78. The number of aromatic nitrogens is 2. The maximum atomic E-state index is 5.55. The van der Waals surface area contributed by atoms with Crippen LogP contribution in [0.1, 0.15) is 0 Å². The molecular weight excluding hydrogens is 206 g/mol. The largest absolute Gasteiger partial charge is 0.496 e. The van der Waals surface area contributed by atoms with Crippen molar-refractivity contribution in [2.75, 3.05) is 20.0 Å². The molecule has 1 aromatic heterocycles. The molecule has 0 bridgehead atoms. The fourth-order valence-electron chi connectivity index (χ4n) is 1.58. The number of anilines is 1. The zero-order chi connectivity index (χ0) is 11.5. The molecule has 3 N–H and O–H groups in total. The van der Waals surface area contributed by atoms with E-state index in [1.807, 2.05) is 18.2 Å². The molecule has 2 aromatic rings. The fraction of sp³-hybridized carbons (Fsp3) is 0.182. The molecule has 1 aromatic carbocycles. The van der Waals surface area contributed by atoms with Crippen LogP contribution in [0.5, 0.6) is 11.5 Å². The average molecular weight is 219 g/mol. The average Bonchev–Trinajstić information content (AvgIpc) is 2.74. The molecule has 0 saturated heterocycles. The van der Waals surface area contributed by atoms with Gasteiger partial charge in [-0.25, -0.2) is 4.98 Å². The minimum absolute atomic E-state index is 0.364. The second-order valence-corrected chi connectivity index (χ2v) is 3.22. The number of aromatic amines is 1. The lowest BCUT2D eigenvalue weighted by atomic mass is 10.1. The number of H-pyrrole nitrogens is 1. The van der Waals surface area contributed by atoms with Gasteiger partial charge in [0, 0.05) is 0 Å². The Bertz CT molecular complexity index is 471. The van der Waals surface area contributed by atoms with Crippen LogP contribution in [0.15, 0.2) is 24.4 Å². The molecule has 0 unspecified atom stereocenters. The molecule has 84 valence electrons. The number of methoxy groups -OCH3 is 2. The molecule has 0 aliphatic heterocycles. The number of nitrogens with one attached hydrogen (secondary N) is 1. The van der Waals surface area contributed by atoms with Gasteiger partial charge in [0.15, 0.2) is 5.95 Å². The lowest BCUT2D eigenvalue weighted by Crippen LogP contribution is -1.93. The second-order valence-electron chi connectivity index (χ2n) is 3.22. The van der Waals surface area contributed by atoms with Crippen molar-refractivity contribution in [3.8, 4) is 22.8 Å². The van der Waals surface area contributed by atoms with Gasteiger partial charge < -0.3 is 20.2 Å². The molecule has 0 aliphatic rings. The molecule has 1 heterocycles. The van der Waals surface area contributed by atoms with Crippen LogP contribution in [-0.2, 0) is 0 Å². The number of rotatable bonds is 3. The van der Waals surface area contributed by atoms with E-state index in [-0.39, 0.29) is 0 Å². The predicted molar refractivity (Wildman–Crippen MR) is 61.5 cm³/mol. The third kappa shape index (κ3) is 1.67. The summed E-state index contributed by atoms with van der Waals surface area (Å²) in [6.45, 7) is 0. The van der Waals surface area contributed by atoms with Gasteiger partial charge in [-0.05, 0) is 12.1 Å². The van der Waals surface area contributed by atoms with E-state index >= 15 is 0 Å². The van der Waals surface area contributed by atoms with Crippen molar-refractivity contribution in [3.05, 3.63) is 24.4 Å². The minimum Gasteiger partial charge on any atom is -0.496 e. The molecule has 5 nitrogen and oxygen atoms in total. The van der Waals surface area contributed by atoms with Crippen LogP contribution in [0, 0.1) is 0 Å². The topological polar surface area (TPSA) is 73.2 Å². The van der Waals surface area contributed by atoms with Crippen molar-refractivity contribution in [3.63, 3.8) is 0 Å². The van der Waals surface area contributed by atoms with Crippen molar-refractivity contribution in [1.82, 2.24) is 9.97 Å². The summed E-state index contributed by atoms with van der Waals surface area (Å²) in [4.78, 5) is 6.90. The number of nitrogens with two attached hydrogens (primary N) is 1. The summed E-state index contributed by atoms with van der Waals surface area (Å²) < 4.78 is 10.6. The van der Waals surface area contributed by atoms with Crippen LogP contribution in [0.25, 0.3) is 11.3 Å². The summed E-state index contributed by atoms with van der Waals surface area (Å²) in [5, 5.41) is 0. The first kappa shape index (κ1) is 10.4. The molecule has 0 radical (unpaired) electrons. The molecule has 0 spiro atoms. The number of nitrogens with zero attached hydrogens (tertiary/aromatic N) is 1. The Labute approximate surface area is 93.2 Å². The van der Waals surface area contributed by atoms with Crippen molar-refractivity contribution in [2.45, 2.75) is 0 Å². The Morgan fingerprint density at radius 1 is 1.19 bits per heavy atom. The van der Waals surface area contributed by atoms with Gasteiger partial charge in [0.25, 0.3) is 0 Å². The maximum Gasteiger partial charge on any atom is 0.197 e. The first-order valence-electron chi connectivity index (χ1n) is 4.78. The van der Waals surface area contributed by atoms with E-state index in [1.54, 1.807) is 20.4 Å². The number of imidazole rings is 1. The van der Waals surface area contributed by atoms with E-state index in [0.29, 0.717) is 17.4 Å². The summed E-state index contributed by atoms with van der Waals surface area (Å²) in [6.07, 6.45) is 1.65. The van der Waals surface area contributed by atoms with Gasteiger partial charge in [-0.2, -0.15) is 0 Å². The number of hydrogen-bond donors (Lipinski definition) is 2. The van der Waals surface area contributed by atoms with Gasteiger partial charge >= 0.3 is 0 Å². The van der Waals surface area contributed by atoms with Gasteiger partial charge in [-0.15, -0.1) is 0 Å². The summed E-state index contributed by atoms with van der Waals surface area (Å²) in [5.41, 5.74) is 7.14. The Balaban J connectivity index is 2.60. The predicted octanol–water partition coefficient (Wildman–Crippen LogP) is 1.68. The summed E-state index contributed by atoms with van der Waals surface area (Å²) in [7, 11) is 3.22. The zero-order valence-corrected chi connectivity index (χ0v) is 9.15. The number of nitrogen functional groups attached to an aromatic ring is 1. The zero-order valence-electron chi connectivity index (χ0n) is 9.15. The van der Waals surface area contributed by atoms with E-state index in [9.17, 15) is 0 Å². The Morgan fingerprint density at radius 3 is 2.25 bits per heavy atom. The molecule has 0 aliphatic carbocycles. The highest BCUT2D eigenvalue weighted by molar-refractivity contribution is 5.74. The lowest BCUT2D eigenvalue weighted by Gasteiger charge is -2.11. The van der Waals surface area contributed by atoms with E-state index < -0.39 is 0 Å². The highest BCUT2D eigenvalue weighted by atomic mass is 16.5. The van der Waals surface area contributed by atoms with Gasteiger partial charge in [-0.3, -0.25) is 0 Å². The van der Waals surface area contributed by atoms with Gasteiger partial charge in [-0.1, -0.05) is 6.07 Å². The monoisotopic (exact) mass is 219 g/mol. The summed E-state index contributed by atoms with van der Waals surface area (Å²) in [5.74, 6) is 1.79. The first-order chi connectivity index (χ1) is 7.76. The third-order valence-corrected chi connectivity index (χ3v) is 2.29. The highest BCUT2D eigenvalue weighted by Crippen LogP contribution is 2.37.